The van der Waals surface area contributed by atoms with Crippen LogP contribution in [0.1, 0.15) is 30.2 Å². The van der Waals surface area contributed by atoms with Crippen LogP contribution in [0.3, 0.4) is 0 Å². The molecule has 4 aromatic heterocycles. The molecule has 1 N–H and O–H groups in total. The number of pyridine rings is 1. The highest BCUT2D eigenvalue weighted by Crippen LogP contribution is 2.33. The lowest BCUT2D eigenvalue weighted by atomic mass is 10.3. The van der Waals surface area contributed by atoms with Gasteiger partial charge in [-0.2, -0.15) is 0 Å². The van der Waals surface area contributed by atoms with Gasteiger partial charge in [0.2, 0.25) is 0 Å². The Hall–Kier alpha value is -3.17. The summed E-state index contributed by atoms with van der Waals surface area (Å²) in [5.74, 6) is 7.38. The predicted molar refractivity (Wildman–Crippen MR) is 110 cm³/mol. The molecule has 0 atom stereocenters. The molecule has 0 amide bonds. The van der Waals surface area contributed by atoms with Gasteiger partial charge in [0.05, 0.1) is 16.0 Å². The summed E-state index contributed by atoms with van der Waals surface area (Å²) in [6.45, 7) is 3.10. The first kappa shape index (κ1) is 17.3. The van der Waals surface area contributed by atoms with Crippen LogP contribution in [-0.4, -0.2) is 25.9 Å². The van der Waals surface area contributed by atoms with Crippen LogP contribution in [0.2, 0.25) is 0 Å². The van der Waals surface area contributed by atoms with Gasteiger partial charge in [-0.1, -0.05) is 25.2 Å². The number of hydrogen-bond acceptors (Lipinski definition) is 5. The number of aromatic nitrogens is 4. The van der Waals surface area contributed by atoms with Gasteiger partial charge < -0.3 is 5.32 Å². The van der Waals surface area contributed by atoms with E-state index >= 15 is 0 Å². The fraction of sp³-hybridized carbons (Fsp3) is 0.190. The summed E-state index contributed by atoms with van der Waals surface area (Å²) in [4.78, 5) is 15.2. The van der Waals surface area contributed by atoms with Gasteiger partial charge in [-0.15, -0.1) is 11.3 Å². The number of fused-ring (bicyclic) bond motifs is 1. The van der Waals surface area contributed by atoms with Gasteiger partial charge in [0.25, 0.3) is 0 Å². The number of hydrogen-bond donors (Lipinski definition) is 1. The highest BCUT2D eigenvalue weighted by molar-refractivity contribution is 7.16. The molecule has 0 saturated carbocycles. The smallest absolute Gasteiger partial charge is 0.157 e. The Labute approximate surface area is 162 Å². The fourth-order valence-electron chi connectivity index (χ4n) is 2.73. The molecule has 0 saturated heterocycles. The molecule has 6 heteroatoms. The van der Waals surface area contributed by atoms with Crippen molar-refractivity contribution in [3.8, 4) is 22.4 Å². The normalized spacial score (nSPS) is 10.6. The SMILES string of the molecule is CCCCNc1c(-c2ccc(C#Cc3cccnc3)s2)nc2cnccn12. The van der Waals surface area contributed by atoms with Crippen molar-refractivity contribution in [2.24, 2.45) is 0 Å². The van der Waals surface area contributed by atoms with Crippen molar-refractivity contribution < 1.29 is 0 Å². The topological polar surface area (TPSA) is 55.1 Å². The summed E-state index contributed by atoms with van der Waals surface area (Å²) >= 11 is 1.64. The molecule has 134 valence electrons. The number of rotatable bonds is 5. The molecule has 0 fully saturated rings. The predicted octanol–water partition coefficient (Wildman–Crippen LogP) is 4.46. The highest BCUT2D eigenvalue weighted by Gasteiger charge is 2.15. The van der Waals surface area contributed by atoms with Crippen LogP contribution in [0.15, 0.2) is 55.2 Å². The summed E-state index contributed by atoms with van der Waals surface area (Å²) < 4.78 is 2.05. The molecular weight excluding hydrogens is 354 g/mol. The van der Waals surface area contributed by atoms with Crippen molar-refractivity contribution in [3.05, 3.63) is 65.7 Å². The summed E-state index contributed by atoms with van der Waals surface area (Å²) in [5.41, 5.74) is 2.69. The largest absolute Gasteiger partial charge is 0.369 e. The van der Waals surface area contributed by atoms with Crippen LogP contribution in [0.25, 0.3) is 16.2 Å². The van der Waals surface area contributed by atoms with E-state index in [1.807, 2.05) is 24.4 Å². The molecule has 0 spiro atoms. The van der Waals surface area contributed by atoms with Gasteiger partial charge in [-0.25, -0.2) is 4.98 Å². The van der Waals surface area contributed by atoms with Gasteiger partial charge in [0.1, 0.15) is 11.5 Å². The van der Waals surface area contributed by atoms with Crippen molar-refractivity contribution in [2.45, 2.75) is 19.8 Å². The van der Waals surface area contributed by atoms with E-state index in [1.54, 1.807) is 36.1 Å². The Bertz CT molecular complexity index is 1100. The number of imidazole rings is 1. The second kappa shape index (κ2) is 8.02. The molecule has 0 unspecified atom stereocenters. The van der Waals surface area contributed by atoms with E-state index in [0.29, 0.717) is 0 Å². The second-order valence-electron chi connectivity index (χ2n) is 6.05. The third kappa shape index (κ3) is 3.83. The highest BCUT2D eigenvalue weighted by atomic mass is 32.1. The molecule has 5 nitrogen and oxygen atoms in total. The molecule has 0 bridgehead atoms. The number of thiophene rings is 1. The number of anilines is 1. The zero-order valence-electron chi connectivity index (χ0n) is 15.0. The van der Waals surface area contributed by atoms with Gasteiger partial charge in [0.15, 0.2) is 5.65 Å². The molecule has 0 aromatic carbocycles. The molecule has 4 heterocycles. The Morgan fingerprint density at radius 1 is 1.11 bits per heavy atom. The monoisotopic (exact) mass is 373 g/mol. The Kier molecular flexibility index (Phi) is 5.13. The van der Waals surface area contributed by atoms with Crippen LogP contribution in [0, 0.1) is 11.8 Å². The van der Waals surface area contributed by atoms with E-state index < -0.39 is 0 Å². The lowest BCUT2D eigenvalue weighted by molar-refractivity contribution is 0.830. The van der Waals surface area contributed by atoms with Crippen molar-refractivity contribution in [2.75, 3.05) is 11.9 Å². The molecule has 27 heavy (non-hydrogen) atoms. The zero-order chi connectivity index (χ0) is 18.5. The van der Waals surface area contributed by atoms with Crippen molar-refractivity contribution in [1.82, 2.24) is 19.4 Å². The lowest BCUT2D eigenvalue weighted by Gasteiger charge is -2.06. The minimum atomic E-state index is 0.836. The Balaban J connectivity index is 1.67. The molecular formula is C21H19N5S. The fourth-order valence-corrected chi connectivity index (χ4v) is 3.58. The second-order valence-corrected chi connectivity index (χ2v) is 7.13. The summed E-state index contributed by atoms with van der Waals surface area (Å²) in [5, 5.41) is 3.54. The maximum absolute atomic E-state index is 4.78. The van der Waals surface area contributed by atoms with Crippen LogP contribution in [0.4, 0.5) is 5.82 Å². The Morgan fingerprint density at radius 2 is 2.04 bits per heavy atom. The van der Waals surface area contributed by atoms with Crippen LogP contribution in [0.5, 0.6) is 0 Å². The molecule has 0 aliphatic carbocycles. The Morgan fingerprint density at radius 3 is 2.89 bits per heavy atom. The number of nitrogens with zero attached hydrogens (tertiary/aromatic N) is 4. The van der Waals surface area contributed by atoms with Crippen molar-refractivity contribution in [3.63, 3.8) is 0 Å². The van der Waals surface area contributed by atoms with E-state index in [0.717, 1.165) is 51.9 Å². The first-order valence-electron chi connectivity index (χ1n) is 8.93. The van der Waals surface area contributed by atoms with E-state index in [1.165, 1.54) is 0 Å². The molecule has 4 aromatic rings. The van der Waals surface area contributed by atoms with E-state index in [9.17, 15) is 0 Å². The standard InChI is InChI=1S/C21H19N5S/c1-2-3-11-24-21-20(25-19-15-23-12-13-26(19)21)18-9-8-17(27-18)7-6-16-5-4-10-22-14-16/h4-5,8-10,12-15,24H,2-3,11H2,1H3. The molecule has 4 rings (SSSR count). The van der Waals surface area contributed by atoms with Crippen LogP contribution < -0.4 is 5.32 Å². The van der Waals surface area contributed by atoms with Crippen molar-refractivity contribution in [1.29, 1.82) is 0 Å². The van der Waals surface area contributed by atoms with Gasteiger partial charge >= 0.3 is 0 Å². The summed E-state index contributed by atoms with van der Waals surface area (Å²) in [6, 6.07) is 7.97. The maximum atomic E-state index is 4.78. The van der Waals surface area contributed by atoms with E-state index in [-0.39, 0.29) is 0 Å². The average molecular weight is 373 g/mol. The minimum absolute atomic E-state index is 0.836. The molecule has 0 radical (unpaired) electrons. The first-order chi connectivity index (χ1) is 13.3. The third-order valence-electron chi connectivity index (χ3n) is 4.08. The first-order valence-corrected chi connectivity index (χ1v) is 9.75. The van der Waals surface area contributed by atoms with Crippen LogP contribution >= 0.6 is 11.3 Å². The summed E-state index contributed by atoms with van der Waals surface area (Å²) in [6.07, 6.45) is 11.3. The molecule has 0 aliphatic rings. The number of nitrogens with one attached hydrogen (secondary N) is 1. The molecule has 0 aliphatic heterocycles. The van der Waals surface area contributed by atoms with Gasteiger partial charge in [-0.05, 0) is 30.7 Å². The van der Waals surface area contributed by atoms with Crippen molar-refractivity contribution >= 4 is 22.8 Å². The zero-order valence-corrected chi connectivity index (χ0v) is 15.8. The van der Waals surface area contributed by atoms with Gasteiger partial charge in [0, 0.05) is 36.9 Å². The third-order valence-corrected chi connectivity index (χ3v) is 5.09. The quantitative estimate of drug-likeness (QED) is 0.414. The summed E-state index contributed by atoms with van der Waals surface area (Å²) in [7, 11) is 0. The number of unbranched alkanes of at least 4 members (excludes halogenated alkanes) is 1. The van der Waals surface area contributed by atoms with Crippen LogP contribution in [-0.2, 0) is 0 Å². The average Bonchev–Trinajstić information content (AvgIpc) is 3.32. The van der Waals surface area contributed by atoms with E-state index in [4.69, 9.17) is 4.98 Å². The maximum Gasteiger partial charge on any atom is 0.157 e. The lowest BCUT2D eigenvalue weighted by Crippen LogP contribution is -2.04. The minimum Gasteiger partial charge on any atom is -0.369 e. The van der Waals surface area contributed by atoms with Gasteiger partial charge in [-0.3, -0.25) is 14.4 Å². The van der Waals surface area contributed by atoms with E-state index in [2.05, 4.69) is 44.5 Å².